The van der Waals surface area contributed by atoms with Crippen LogP contribution in [-0.4, -0.2) is 0 Å². The van der Waals surface area contributed by atoms with Gasteiger partial charge in [0.05, 0.1) is 5.41 Å². The maximum Gasteiger partial charge on any atom is 0.0727 e. The molecule has 0 bridgehead atoms. The highest BCUT2D eigenvalue weighted by Crippen LogP contribution is 2.62. The Morgan fingerprint density at radius 2 is 1.27 bits per heavy atom. The molecule has 0 fully saturated rings. The molecule has 0 saturated carbocycles. The maximum atomic E-state index is 4.26. The fraction of sp³-hybridized carbons (Fsp3) is 0.233. The number of benzene rings is 4. The van der Waals surface area contributed by atoms with Crippen LogP contribution >= 0.6 is 0 Å². The second kappa shape index (κ2) is 25.5. The van der Waals surface area contributed by atoms with Crippen molar-refractivity contribution in [2.45, 2.75) is 94.4 Å². The Balaban J connectivity index is 0.000000335. The predicted octanol–water partition coefficient (Wildman–Crippen LogP) is 16.4. The van der Waals surface area contributed by atoms with Crippen molar-refractivity contribution in [2.24, 2.45) is 0 Å². The van der Waals surface area contributed by atoms with Gasteiger partial charge < -0.3 is 0 Å². The topological polar surface area (TPSA) is 0 Å². The van der Waals surface area contributed by atoms with Gasteiger partial charge in [0, 0.05) is 0 Å². The Morgan fingerprint density at radius 3 is 1.78 bits per heavy atom. The molecule has 4 aromatic carbocycles. The average Bonchev–Trinajstić information content (AvgIpc) is 3.74. The van der Waals surface area contributed by atoms with Gasteiger partial charge in [-0.1, -0.05) is 232 Å². The highest BCUT2D eigenvalue weighted by atomic mass is 14.5. The molecule has 3 aliphatic carbocycles. The number of aryl methyl sites for hydroxylation is 1. The van der Waals surface area contributed by atoms with Crippen molar-refractivity contribution in [3.63, 3.8) is 0 Å². The van der Waals surface area contributed by atoms with Crippen LogP contribution in [0.3, 0.4) is 0 Å². The Labute approximate surface area is 365 Å². The van der Waals surface area contributed by atoms with E-state index < -0.39 is 0 Å². The number of hydrogen-bond acceptors (Lipinski definition) is 0. The summed E-state index contributed by atoms with van der Waals surface area (Å²) in [6.45, 7) is 41.9. The lowest BCUT2D eigenvalue weighted by Gasteiger charge is -2.34. The Hall–Kier alpha value is -5.98. The minimum atomic E-state index is -0.343. The van der Waals surface area contributed by atoms with E-state index in [1.54, 1.807) is 12.2 Å². The molecule has 0 heterocycles. The summed E-state index contributed by atoms with van der Waals surface area (Å²) in [5, 5.41) is 5.38. The molecule has 0 nitrogen and oxygen atoms in total. The van der Waals surface area contributed by atoms with Crippen molar-refractivity contribution < 1.29 is 0 Å². The van der Waals surface area contributed by atoms with Crippen LogP contribution in [0.4, 0.5) is 0 Å². The highest BCUT2D eigenvalue weighted by molar-refractivity contribution is 5.99. The third-order valence-electron chi connectivity index (χ3n) is 10.7. The summed E-state index contributed by atoms with van der Waals surface area (Å²) in [7, 11) is 0. The highest BCUT2D eigenvalue weighted by Gasteiger charge is 2.52. The number of rotatable bonds is 7. The van der Waals surface area contributed by atoms with E-state index in [1.165, 1.54) is 82.5 Å². The van der Waals surface area contributed by atoms with Crippen LogP contribution in [0.1, 0.15) is 116 Å². The summed E-state index contributed by atoms with van der Waals surface area (Å²) in [4.78, 5) is 0. The molecule has 7 rings (SSSR count). The van der Waals surface area contributed by atoms with Gasteiger partial charge in [-0.15, -0.1) is 0 Å². The summed E-state index contributed by atoms with van der Waals surface area (Å²) >= 11 is 0. The van der Waals surface area contributed by atoms with E-state index >= 15 is 0 Å². The van der Waals surface area contributed by atoms with Crippen LogP contribution in [0.5, 0.6) is 0 Å². The first kappa shape index (κ1) is 50.2. The predicted molar refractivity (Wildman–Crippen MR) is 276 cm³/mol. The van der Waals surface area contributed by atoms with Crippen LogP contribution in [0, 0.1) is 0 Å². The molecule has 60 heavy (non-hydrogen) atoms. The van der Waals surface area contributed by atoms with E-state index in [-0.39, 0.29) is 5.41 Å². The van der Waals surface area contributed by atoms with Gasteiger partial charge in [-0.2, -0.15) is 0 Å². The van der Waals surface area contributed by atoms with Gasteiger partial charge in [0.25, 0.3) is 0 Å². The van der Waals surface area contributed by atoms with Gasteiger partial charge in [-0.05, 0) is 130 Å². The molecule has 1 unspecified atom stereocenters. The first-order chi connectivity index (χ1) is 29.3. The van der Waals surface area contributed by atoms with Crippen LogP contribution in [0.2, 0.25) is 0 Å². The van der Waals surface area contributed by atoms with E-state index in [1.807, 2.05) is 66.7 Å². The molecule has 0 saturated heterocycles. The minimum Gasteiger partial charge on any atom is -0.0991 e. The van der Waals surface area contributed by atoms with E-state index in [0.717, 1.165) is 18.4 Å². The van der Waals surface area contributed by atoms with Gasteiger partial charge in [-0.25, -0.2) is 0 Å². The molecule has 0 N–H and O–H groups in total. The minimum absolute atomic E-state index is 0.343. The van der Waals surface area contributed by atoms with Gasteiger partial charge in [0.15, 0.2) is 0 Å². The summed E-state index contributed by atoms with van der Waals surface area (Å²) in [6, 6.07) is 26.3. The first-order valence-corrected chi connectivity index (χ1v) is 21.9. The molecule has 4 aromatic rings. The number of hydrogen-bond donors (Lipinski definition) is 0. The molecule has 1 spiro atoms. The quantitative estimate of drug-likeness (QED) is 0.164. The smallest absolute Gasteiger partial charge is 0.0727 e. The third-order valence-corrected chi connectivity index (χ3v) is 10.7. The molecule has 3 aliphatic rings. The van der Waals surface area contributed by atoms with Crippen molar-refractivity contribution >= 4 is 40.1 Å². The van der Waals surface area contributed by atoms with Crippen LogP contribution in [0.25, 0.3) is 40.1 Å². The first-order valence-electron chi connectivity index (χ1n) is 21.9. The second-order valence-electron chi connectivity index (χ2n) is 13.6. The van der Waals surface area contributed by atoms with Gasteiger partial charge in [0.2, 0.25) is 0 Å². The Kier molecular flexibility index (Phi) is 21.3. The molecular formula is C60H72. The Bertz CT molecular complexity index is 2460. The number of allylic oxidation sites excluding steroid dienone is 16. The van der Waals surface area contributed by atoms with E-state index in [2.05, 4.69) is 182 Å². The van der Waals surface area contributed by atoms with E-state index in [0.29, 0.717) is 0 Å². The van der Waals surface area contributed by atoms with Crippen molar-refractivity contribution in [1.82, 2.24) is 0 Å². The zero-order valence-corrected chi connectivity index (χ0v) is 38.9. The lowest BCUT2D eigenvalue weighted by molar-refractivity contribution is 0.771. The summed E-state index contributed by atoms with van der Waals surface area (Å²) in [6.07, 6.45) is 29.1. The fourth-order valence-electron chi connectivity index (χ4n) is 8.52. The van der Waals surface area contributed by atoms with Crippen molar-refractivity contribution in [2.75, 3.05) is 0 Å². The standard InChI is InChI=1S/C28H26.C19H18.C7H10.3C2H6/c1-6-14-22-23-16-11-13-18-26(23)28(24(22)9-4)25-17-12-10-15-21(25)19(5)27(28)20(7-2)8-3;1-3-9-15-14(4-2)16-10-5-6-12-18(16)19-13-8-7-11-17(15)19;1-4-6-7(3)5-2;3*1-2/h6-18H,2,4H2,1,3,5H3;3-7,9-12H,1,8,13H2,2H3;4-6H,1-2H2,3H3;3*1-2H3/b14-6-,20-8+;14-4+,15-9+;7-6-;;;. The zero-order chi connectivity index (χ0) is 44.8. The molecule has 312 valence electrons. The Morgan fingerprint density at radius 1 is 0.683 bits per heavy atom. The lowest BCUT2D eigenvalue weighted by atomic mass is 9.66. The fourth-order valence-corrected chi connectivity index (χ4v) is 8.52. The van der Waals surface area contributed by atoms with Crippen LogP contribution in [0.15, 0.2) is 189 Å². The number of fused-ring (bicyclic) bond motifs is 7. The van der Waals surface area contributed by atoms with E-state index in [4.69, 9.17) is 0 Å². The van der Waals surface area contributed by atoms with E-state index in [9.17, 15) is 0 Å². The van der Waals surface area contributed by atoms with Crippen LogP contribution in [-0.2, 0) is 11.8 Å². The second-order valence-corrected chi connectivity index (χ2v) is 13.6. The molecule has 0 heteroatoms. The zero-order valence-electron chi connectivity index (χ0n) is 38.9. The molecular weight excluding hydrogens is 721 g/mol. The van der Waals surface area contributed by atoms with Crippen molar-refractivity contribution in [3.8, 4) is 0 Å². The summed E-state index contributed by atoms with van der Waals surface area (Å²) in [5.74, 6) is 0. The average molecular weight is 793 g/mol. The van der Waals surface area contributed by atoms with Gasteiger partial charge in [-0.3, -0.25) is 0 Å². The molecule has 0 radical (unpaired) electrons. The lowest BCUT2D eigenvalue weighted by Crippen LogP contribution is -2.30. The SMILES string of the molecule is C=C/C=C(/C)C=C.C=C/C=c1/c2c(c3ccccc3/c1=C/C)CCC=C2.C=CC1=C(/C=C\C)c2ccccc2C12C(/C(C=C)=C/C)=C(C)c1ccccc12.CC.CC.CC. The monoisotopic (exact) mass is 793 g/mol. The van der Waals surface area contributed by atoms with Gasteiger partial charge >= 0.3 is 0 Å². The summed E-state index contributed by atoms with van der Waals surface area (Å²) in [5.41, 5.74) is 15.3. The summed E-state index contributed by atoms with van der Waals surface area (Å²) < 4.78 is 0. The van der Waals surface area contributed by atoms with Gasteiger partial charge in [0.1, 0.15) is 0 Å². The van der Waals surface area contributed by atoms with Crippen molar-refractivity contribution in [1.29, 1.82) is 0 Å². The van der Waals surface area contributed by atoms with Crippen molar-refractivity contribution in [3.05, 3.63) is 233 Å². The molecule has 1 atom stereocenters. The molecule has 0 amide bonds. The third kappa shape index (κ3) is 9.89. The maximum absolute atomic E-state index is 4.26. The largest absolute Gasteiger partial charge is 0.0991 e. The van der Waals surface area contributed by atoms with Crippen LogP contribution < -0.4 is 10.4 Å². The molecule has 0 aliphatic heterocycles. The molecule has 0 aromatic heterocycles. The normalized spacial score (nSPS) is 16.3.